The number of alkyl halides is 2. The second-order valence-electron chi connectivity index (χ2n) is 4.50. The van der Waals surface area contributed by atoms with Gasteiger partial charge in [0.1, 0.15) is 6.73 Å². The Hall–Kier alpha value is -1.01. The lowest BCUT2D eigenvalue weighted by Crippen LogP contribution is -2.34. The molecule has 1 fully saturated rings. The molecule has 0 amide bonds. The first-order chi connectivity index (χ1) is 8.02. The topological polar surface area (TPSA) is 47.3 Å². The standard InChI is InChI=1S/C11H16F2N2O2/c1-17-7-15-6-8(5-14-15)9-2-3-11(12,13)4-10(9)16/h5-6,9-10,16H,2-4,7H2,1H3. The van der Waals surface area contributed by atoms with E-state index in [4.69, 9.17) is 4.74 Å². The van der Waals surface area contributed by atoms with Crippen molar-refractivity contribution in [2.45, 2.75) is 43.9 Å². The maximum Gasteiger partial charge on any atom is 0.250 e. The molecule has 2 rings (SSSR count). The number of hydrogen-bond donors (Lipinski definition) is 1. The molecule has 0 aromatic carbocycles. The minimum absolute atomic E-state index is 0.176. The van der Waals surface area contributed by atoms with Gasteiger partial charge >= 0.3 is 0 Å². The third kappa shape index (κ3) is 2.81. The zero-order valence-electron chi connectivity index (χ0n) is 9.64. The smallest absolute Gasteiger partial charge is 0.250 e. The van der Waals surface area contributed by atoms with Crippen LogP contribution in [0.5, 0.6) is 0 Å². The summed E-state index contributed by atoms with van der Waals surface area (Å²) in [5.41, 5.74) is 0.796. The van der Waals surface area contributed by atoms with Gasteiger partial charge in [-0.25, -0.2) is 13.5 Å². The molecule has 1 saturated carbocycles. The Morgan fingerprint density at radius 2 is 2.41 bits per heavy atom. The molecule has 2 atom stereocenters. The molecule has 2 unspecified atom stereocenters. The van der Waals surface area contributed by atoms with E-state index in [1.807, 2.05) is 0 Å². The molecular weight excluding hydrogens is 230 g/mol. The predicted octanol–water partition coefficient (Wildman–Crippen LogP) is 1.75. The molecule has 1 N–H and O–H groups in total. The monoisotopic (exact) mass is 246 g/mol. The van der Waals surface area contributed by atoms with E-state index < -0.39 is 18.4 Å². The number of hydrogen-bond acceptors (Lipinski definition) is 3. The number of aromatic nitrogens is 2. The highest BCUT2D eigenvalue weighted by Crippen LogP contribution is 2.40. The Bertz CT molecular complexity index is 381. The van der Waals surface area contributed by atoms with E-state index in [9.17, 15) is 13.9 Å². The van der Waals surface area contributed by atoms with Crippen molar-refractivity contribution in [1.29, 1.82) is 0 Å². The third-order valence-electron chi connectivity index (χ3n) is 3.14. The van der Waals surface area contributed by atoms with Gasteiger partial charge in [0.15, 0.2) is 0 Å². The van der Waals surface area contributed by atoms with Crippen molar-refractivity contribution in [1.82, 2.24) is 9.78 Å². The van der Waals surface area contributed by atoms with Crippen molar-refractivity contribution < 1.29 is 18.6 Å². The summed E-state index contributed by atoms with van der Waals surface area (Å²) in [4.78, 5) is 0. The number of aliphatic hydroxyl groups excluding tert-OH is 1. The second-order valence-corrected chi connectivity index (χ2v) is 4.50. The molecule has 96 valence electrons. The molecule has 1 heterocycles. The molecule has 1 aromatic rings. The average molecular weight is 246 g/mol. The Labute approximate surface area is 98.2 Å². The van der Waals surface area contributed by atoms with Crippen LogP contribution < -0.4 is 0 Å². The Morgan fingerprint density at radius 3 is 3.06 bits per heavy atom. The van der Waals surface area contributed by atoms with Gasteiger partial charge in [0.2, 0.25) is 0 Å². The van der Waals surface area contributed by atoms with Gasteiger partial charge in [-0.2, -0.15) is 5.10 Å². The lowest BCUT2D eigenvalue weighted by molar-refractivity contribution is -0.0839. The van der Waals surface area contributed by atoms with Gasteiger partial charge in [-0.05, 0) is 12.0 Å². The summed E-state index contributed by atoms with van der Waals surface area (Å²) >= 11 is 0. The van der Waals surface area contributed by atoms with Gasteiger partial charge in [0.25, 0.3) is 5.92 Å². The van der Waals surface area contributed by atoms with Crippen molar-refractivity contribution in [3.05, 3.63) is 18.0 Å². The average Bonchev–Trinajstić information content (AvgIpc) is 2.65. The van der Waals surface area contributed by atoms with Crippen LogP contribution in [0.4, 0.5) is 8.78 Å². The molecule has 0 spiro atoms. The van der Waals surface area contributed by atoms with Gasteiger partial charge in [0.05, 0.1) is 12.3 Å². The quantitative estimate of drug-likeness (QED) is 0.883. The fourth-order valence-electron chi connectivity index (χ4n) is 2.27. The minimum atomic E-state index is -2.74. The molecule has 1 aliphatic carbocycles. The lowest BCUT2D eigenvalue weighted by atomic mass is 9.81. The van der Waals surface area contributed by atoms with E-state index in [0.29, 0.717) is 6.73 Å². The lowest BCUT2D eigenvalue weighted by Gasteiger charge is -2.32. The maximum absolute atomic E-state index is 13.1. The third-order valence-corrected chi connectivity index (χ3v) is 3.14. The van der Waals surface area contributed by atoms with Crippen LogP contribution in [-0.4, -0.2) is 34.0 Å². The highest BCUT2D eigenvalue weighted by molar-refractivity contribution is 5.15. The van der Waals surface area contributed by atoms with E-state index in [1.54, 1.807) is 24.2 Å². The number of halogens is 2. The van der Waals surface area contributed by atoms with Gasteiger partial charge in [0, 0.05) is 32.1 Å². The van der Waals surface area contributed by atoms with Crippen molar-refractivity contribution >= 4 is 0 Å². The van der Waals surface area contributed by atoms with Gasteiger partial charge < -0.3 is 9.84 Å². The van der Waals surface area contributed by atoms with E-state index in [0.717, 1.165) is 5.56 Å². The molecule has 0 bridgehead atoms. The minimum Gasteiger partial charge on any atom is -0.392 e. The Balaban J connectivity index is 2.06. The van der Waals surface area contributed by atoms with Crippen LogP contribution in [0.25, 0.3) is 0 Å². The molecule has 0 radical (unpaired) electrons. The summed E-state index contributed by atoms with van der Waals surface area (Å²) in [6, 6.07) is 0. The fraction of sp³-hybridized carbons (Fsp3) is 0.727. The number of nitrogens with zero attached hydrogens (tertiary/aromatic N) is 2. The highest BCUT2D eigenvalue weighted by Gasteiger charge is 2.41. The molecule has 4 nitrogen and oxygen atoms in total. The Kier molecular flexibility index (Phi) is 3.44. The van der Waals surface area contributed by atoms with Crippen LogP contribution >= 0.6 is 0 Å². The summed E-state index contributed by atoms with van der Waals surface area (Å²) in [6.07, 6.45) is 1.99. The SMILES string of the molecule is COCn1cc(C2CCC(F)(F)CC2O)cn1. The largest absolute Gasteiger partial charge is 0.392 e. The number of rotatable bonds is 3. The van der Waals surface area contributed by atoms with Crippen LogP contribution in [0.2, 0.25) is 0 Å². The van der Waals surface area contributed by atoms with E-state index in [1.165, 1.54) is 0 Å². The number of aliphatic hydroxyl groups is 1. The molecule has 6 heteroatoms. The van der Waals surface area contributed by atoms with E-state index in [-0.39, 0.29) is 18.8 Å². The van der Waals surface area contributed by atoms with Crippen LogP contribution in [0.15, 0.2) is 12.4 Å². The highest BCUT2D eigenvalue weighted by atomic mass is 19.3. The van der Waals surface area contributed by atoms with Crippen LogP contribution in [0.3, 0.4) is 0 Å². The summed E-state index contributed by atoms with van der Waals surface area (Å²) in [7, 11) is 1.55. The summed E-state index contributed by atoms with van der Waals surface area (Å²) < 4.78 is 32.6. The Morgan fingerprint density at radius 1 is 1.65 bits per heavy atom. The first-order valence-electron chi connectivity index (χ1n) is 5.59. The van der Waals surface area contributed by atoms with Crippen molar-refractivity contribution in [3.8, 4) is 0 Å². The molecule has 17 heavy (non-hydrogen) atoms. The normalized spacial score (nSPS) is 28.2. The molecule has 0 saturated heterocycles. The van der Waals surface area contributed by atoms with Crippen molar-refractivity contribution in [3.63, 3.8) is 0 Å². The van der Waals surface area contributed by atoms with E-state index in [2.05, 4.69) is 5.10 Å². The maximum atomic E-state index is 13.1. The van der Waals surface area contributed by atoms with Gasteiger partial charge in [-0.1, -0.05) is 0 Å². The number of ether oxygens (including phenoxy) is 1. The van der Waals surface area contributed by atoms with E-state index >= 15 is 0 Å². The van der Waals surface area contributed by atoms with Crippen molar-refractivity contribution in [2.75, 3.05) is 7.11 Å². The zero-order chi connectivity index (χ0) is 12.5. The first-order valence-corrected chi connectivity index (χ1v) is 5.59. The summed E-state index contributed by atoms with van der Waals surface area (Å²) in [5, 5.41) is 13.8. The molecule has 1 aromatic heterocycles. The predicted molar refractivity (Wildman–Crippen MR) is 56.8 cm³/mol. The second kappa shape index (κ2) is 4.70. The van der Waals surface area contributed by atoms with Gasteiger partial charge in [-0.15, -0.1) is 0 Å². The fourth-order valence-corrected chi connectivity index (χ4v) is 2.27. The molecule has 0 aliphatic heterocycles. The molecule has 1 aliphatic rings. The first kappa shape index (κ1) is 12.4. The number of methoxy groups -OCH3 is 1. The van der Waals surface area contributed by atoms with Crippen LogP contribution in [0, 0.1) is 0 Å². The van der Waals surface area contributed by atoms with Crippen LogP contribution in [0.1, 0.15) is 30.7 Å². The zero-order valence-corrected chi connectivity index (χ0v) is 9.64. The van der Waals surface area contributed by atoms with Crippen LogP contribution in [-0.2, 0) is 11.5 Å². The summed E-state index contributed by atoms with van der Waals surface area (Å²) in [6.45, 7) is 0.318. The molecular formula is C11H16F2N2O2. The van der Waals surface area contributed by atoms with Crippen molar-refractivity contribution in [2.24, 2.45) is 0 Å². The van der Waals surface area contributed by atoms with Gasteiger partial charge in [-0.3, -0.25) is 0 Å². The summed E-state index contributed by atoms with van der Waals surface area (Å²) in [5.74, 6) is -2.99.